The standard InChI is InChI=1S/C18H21N3O3S/c22-18(8-15-25(23,24)17-4-2-1-3-5-17)21-13-11-20(12-14-21)16-6-9-19-10-7-16/h1-7,9-10H,8,11-15H2/p+1. The van der Waals surface area contributed by atoms with E-state index in [1.165, 1.54) is 0 Å². The number of benzene rings is 1. The molecule has 0 radical (unpaired) electrons. The van der Waals surface area contributed by atoms with E-state index in [4.69, 9.17) is 0 Å². The molecule has 2 aromatic rings. The van der Waals surface area contributed by atoms with Crippen molar-refractivity contribution < 1.29 is 18.2 Å². The van der Waals surface area contributed by atoms with E-state index in [1.54, 1.807) is 35.2 Å². The predicted molar refractivity (Wildman–Crippen MR) is 94.9 cm³/mol. The second-order valence-corrected chi connectivity index (χ2v) is 8.12. The van der Waals surface area contributed by atoms with Gasteiger partial charge in [0.25, 0.3) is 0 Å². The van der Waals surface area contributed by atoms with E-state index < -0.39 is 9.84 Å². The summed E-state index contributed by atoms with van der Waals surface area (Å²) in [6.07, 6.45) is 3.78. The van der Waals surface area contributed by atoms with Crippen LogP contribution in [0.15, 0.2) is 59.8 Å². The maximum atomic E-state index is 12.4. The first-order valence-corrected chi connectivity index (χ1v) is 9.98. The van der Waals surface area contributed by atoms with Gasteiger partial charge in [0.15, 0.2) is 22.2 Å². The van der Waals surface area contributed by atoms with Crippen LogP contribution >= 0.6 is 0 Å². The maximum absolute atomic E-state index is 12.4. The number of carbonyl (C=O) groups is 1. The van der Waals surface area contributed by atoms with Crippen LogP contribution in [0.5, 0.6) is 0 Å². The van der Waals surface area contributed by atoms with Crippen molar-refractivity contribution in [2.75, 3.05) is 36.8 Å². The predicted octanol–water partition coefficient (Wildman–Crippen LogP) is 1.01. The molecule has 1 aliphatic rings. The van der Waals surface area contributed by atoms with Crippen LogP contribution in [-0.2, 0) is 14.6 Å². The highest BCUT2D eigenvalue weighted by atomic mass is 32.2. The first-order chi connectivity index (χ1) is 12.1. The van der Waals surface area contributed by atoms with E-state index in [0.717, 1.165) is 18.8 Å². The number of hydrogen-bond donors (Lipinski definition) is 0. The van der Waals surface area contributed by atoms with Gasteiger partial charge in [0.2, 0.25) is 5.91 Å². The van der Waals surface area contributed by atoms with Crippen LogP contribution in [0.25, 0.3) is 0 Å². The molecule has 1 N–H and O–H groups in total. The Bertz CT molecular complexity index is 802. The zero-order valence-corrected chi connectivity index (χ0v) is 14.8. The van der Waals surface area contributed by atoms with E-state index in [2.05, 4.69) is 9.88 Å². The van der Waals surface area contributed by atoms with E-state index in [0.29, 0.717) is 13.1 Å². The smallest absolute Gasteiger partial charge is 0.223 e. The number of amides is 1. The zero-order chi connectivity index (χ0) is 17.7. The van der Waals surface area contributed by atoms with Gasteiger partial charge in [-0.15, -0.1) is 0 Å². The summed E-state index contributed by atoms with van der Waals surface area (Å²) in [4.78, 5) is 19.6. The molecule has 1 saturated heterocycles. The third kappa shape index (κ3) is 4.36. The van der Waals surface area contributed by atoms with Crippen molar-refractivity contribution in [3.05, 3.63) is 54.9 Å². The molecule has 1 aromatic heterocycles. The second-order valence-electron chi connectivity index (χ2n) is 6.01. The van der Waals surface area contributed by atoms with E-state index in [1.807, 2.05) is 24.5 Å². The van der Waals surface area contributed by atoms with Gasteiger partial charge in [-0.1, -0.05) is 18.2 Å². The largest absolute Gasteiger partial charge is 0.368 e. The zero-order valence-electron chi connectivity index (χ0n) is 14.0. The summed E-state index contributed by atoms with van der Waals surface area (Å²) in [5, 5.41) is 0. The summed E-state index contributed by atoms with van der Waals surface area (Å²) in [7, 11) is -3.41. The number of carbonyl (C=O) groups excluding carboxylic acids is 1. The molecule has 0 aliphatic carbocycles. The van der Waals surface area contributed by atoms with Crippen LogP contribution in [0.2, 0.25) is 0 Å². The fourth-order valence-electron chi connectivity index (χ4n) is 2.93. The summed E-state index contributed by atoms with van der Waals surface area (Å²) in [6, 6.07) is 12.3. The molecule has 1 aliphatic heterocycles. The maximum Gasteiger partial charge on any atom is 0.223 e. The third-order valence-corrected chi connectivity index (χ3v) is 6.12. The Balaban J connectivity index is 1.52. The van der Waals surface area contributed by atoms with Crippen molar-refractivity contribution in [3.63, 3.8) is 0 Å². The number of nitrogens with one attached hydrogen (secondary N) is 1. The molecule has 0 atom stereocenters. The van der Waals surface area contributed by atoms with Crippen LogP contribution in [0.4, 0.5) is 5.69 Å². The molecule has 0 spiro atoms. The Kier molecular flexibility index (Phi) is 5.33. The Labute approximate surface area is 148 Å². The first-order valence-electron chi connectivity index (χ1n) is 8.33. The fraction of sp³-hybridized carbons (Fsp3) is 0.333. The quantitative estimate of drug-likeness (QED) is 0.798. The lowest BCUT2D eigenvalue weighted by Crippen LogP contribution is -2.49. The molecule has 0 saturated carbocycles. The van der Waals surface area contributed by atoms with Gasteiger partial charge in [0, 0.05) is 50.4 Å². The van der Waals surface area contributed by atoms with E-state index in [9.17, 15) is 13.2 Å². The number of hydrogen-bond acceptors (Lipinski definition) is 4. The monoisotopic (exact) mass is 360 g/mol. The fourth-order valence-corrected chi connectivity index (χ4v) is 4.18. The number of piperazine rings is 1. The van der Waals surface area contributed by atoms with Gasteiger partial charge < -0.3 is 9.80 Å². The van der Waals surface area contributed by atoms with Gasteiger partial charge >= 0.3 is 0 Å². The highest BCUT2D eigenvalue weighted by Crippen LogP contribution is 2.16. The van der Waals surface area contributed by atoms with E-state index in [-0.39, 0.29) is 23.0 Å². The lowest BCUT2D eigenvalue weighted by atomic mass is 10.2. The first kappa shape index (κ1) is 17.4. The topological polar surface area (TPSA) is 71.8 Å². The van der Waals surface area contributed by atoms with Crippen LogP contribution in [-0.4, -0.2) is 51.2 Å². The molecule has 1 aromatic carbocycles. The van der Waals surface area contributed by atoms with Gasteiger partial charge in [-0.2, -0.15) is 0 Å². The normalized spacial score (nSPS) is 15.2. The minimum absolute atomic E-state index is 0.0253. The van der Waals surface area contributed by atoms with Crippen molar-refractivity contribution in [1.82, 2.24) is 4.90 Å². The van der Waals surface area contributed by atoms with Crippen molar-refractivity contribution in [1.29, 1.82) is 0 Å². The number of sulfone groups is 1. The number of rotatable bonds is 5. The second kappa shape index (κ2) is 7.65. The molecule has 1 amide bonds. The number of aromatic nitrogens is 1. The van der Waals surface area contributed by atoms with Crippen LogP contribution in [0.1, 0.15) is 6.42 Å². The number of pyridine rings is 1. The van der Waals surface area contributed by atoms with Crippen molar-refractivity contribution in [2.45, 2.75) is 11.3 Å². The summed E-state index contributed by atoms with van der Waals surface area (Å²) < 4.78 is 24.5. The Morgan fingerprint density at radius 3 is 2.24 bits per heavy atom. The summed E-state index contributed by atoms with van der Waals surface area (Å²) in [5.74, 6) is -0.245. The molecule has 0 unspecified atom stereocenters. The highest BCUT2D eigenvalue weighted by molar-refractivity contribution is 7.91. The van der Waals surface area contributed by atoms with Gasteiger partial charge in [0.05, 0.1) is 10.6 Å². The molecule has 3 rings (SSSR count). The molecule has 0 bridgehead atoms. The van der Waals surface area contributed by atoms with Crippen LogP contribution in [0, 0.1) is 0 Å². The molecule has 132 valence electrons. The van der Waals surface area contributed by atoms with Gasteiger partial charge in [-0.25, -0.2) is 13.4 Å². The molecule has 25 heavy (non-hydrogen) atoms. The van der Waals surface area contributed by atoms with E-state index >= 15 is 0 Å². The number of anilines is 1. The Morgan fingerprint density at radius 2 is 1.60 bits per heavy atom. The molecular formula is C18H22N3O3S+. The Hall–Kier alpha value is -2.41. The molecule has 6 nitrogen and oxygen atoms in total. The summed E-state index contributed by atoms with van der Waals surface area (Å²) in [5.41, 5.74) is 1.12. The highest BCUT2D eigenvalue weighted by Gasteiger charge is 2.23. The number of H-pyrrole nitrogens is 1. The number of nitrogens with zero attached hydrogens (tertiary/aromatic N) is 2. The van der Waals surface area contributed by atoms with Crippen molar-refractivity contribution in [2.24, 2.45) is 0 Å². The molecular weight excluding hydrogens is 338 g/mol. The average Bonchev–Trinajstić information content (AvgIpc) is 2.68. The minimum atomic E-state index is -3.41. The van der Waals surface area contributed by atoms with Gasteiger partial charge in [-0.3, -0.25) is 4.79 Å². The number of aromatic amines is 1. The van der Waals surface area contributed by atoms with Gasteiger partial charge in [-0.05, 0) is 12.1 Å². The van der Waals surface area contributed by atoms with Crippen molar-refractivity contribution >= 4 is 21.4 Å². The summed E-state index contributed by atoms with van der Waals surface area (Å²) in [6.45, 7) is 2.73. The Morgan fingerprint density at radius 1 is 0.960 bits per heavy atom. The van der Waals surface area contributed by atoms with Gasteiger partial charge in [0.1, 0.15) is 0 Å². The van der Waals surface area contributed by atoms with Crippen LogP contribution in [0.3, 0.4) is 0 Å². The third-order valence-electron chi connectivity index (χ3n) is 4.39. The molecule has 2 heterocycles. The molecule has 1 fully saturated rings. The average molecular weight is 360 g/mol. The molecule has 7 heteroatoms. The van der Waals surface area contributed by atoms with Crippen LogP contribution < -0.4 is 9.88 Å². The lowest BCUT2D eigenvalue weighted by molar-refractivity contribution is -0.377. The SMILES string of the molecule is O=C(CCS(=O)(=O)c1ccccc1)N1CCN(c2cc[nH+]cc2)CC1. The minimum Gasteiger partial charge on any atom is -0.368 e. The van der Waals surface area contributed by atoms with Crippen molar-refractivity contribution in [3.8, 4) is 0 Å². The summed E-state index contributed by atoms with van der Waals surface area (Å²) >= 11 is 0. The lowest BCUT2D eigenvalue weighted by Gasteiger charge is -2.35.